The van der Waals surface area contributed by atoms with Gasteiger partial charge in [0.15, 0.2) is 8.32 Å². The summed E-state index contributed by atoms with van der Waals surface area (Å²) in [4.78, 5) is 12.5. The Morgan fingerprint density at radius 2 is 1.53 bits per heavy atom. The minimum atomic E-state index is -1.80. The highest BCUT2D eigenvalue weighted by atomic mass is 28.4. The highest BCUT2D eigenvalue weighted by molar-refractivity contribution is 6.74. The quantitative estimate of drug-likeness (QED) is 0.460. The van der Waals surface area contributed by atoms with Gasteiger partial charge in [0.2, 0.25) is 0 Å². The number of ketones is 1. The Balaban J connectivity index is 1.58. The lowest BCUT2D eigenvalue weighted by Crippen LogP contribution is -2.63. The maximum atomic E-state index is 12.5. The number of carbonyl (C=O) groups excluding carboxylic acids is 1. The highest BCUT2D eigenvalue weighted by Crippen LogP contribution is 2.72. The van der Waals surface area contributed by atoms with Crippen LogP contribution in [-0.4, -0.2) is 31.4 Å². The molecule has 1 N–H and O–H groups in total. The van der Waals surface area contributed by atoms with E-state index in [2.05, 4.69) is 54.6 Å². The monoisotopic (exact) mass is 462 g/mol. The van der Waals surface area contributed by atoms with Crippen molar-refractivity contribution in [2.45, 2.75) is 130 Å². The molecule has 9 atom stereocenters. The standard InChI is InChI=1S/C28H50O3Si/c1-18(29)20-10-11-23-26(20,5)15-13-24-27(6)14-12-19(31-32(8,9)25(2,3)4)16-21(27)22(30)17-28(23,24)7/h19-24,30H,10-17H2,1-9H3/t19?,20-,21-,22+,23-,24-,26-,27+,28+/m1/s1. The first-order chi connectivity index (χ1) is 14.6. The molecule has 184 valence electrons. The molecule has 0 aromatic heterocycles. The van der Waals surface area contributed by atoms with Gasteiger partial charge in [-0.15, -0.1) is 0 Å². The average Bonchev–Trinajstić information content (AvgIpc) is 3.00. The van der Waals surface area contributed by atoms with Crippen LogP contribution in [0.3, 0.4) is 0 Å². The maximum Gasteiger partial charge on any atom is 0.192 e. The van der Waals surface area contributed by atoms with Crippen LogP contribution in [0.15, 0.2) is 0 Å². The van der Waals surface area contributed by atoms with Gasteiger partial charge in [0, 0.05) is 12.0 Å². The van der Waals surface area contributed by atoms with Gasteiger partial charge >= 0.3 is 0 Å². The number of hydrogen-bond donors (Lipinski definition) is 1. The van der Waals surface area contributed by atoms with Gasteiger partial charge in [-0.05, 0) is 110 Å². The molecule has 0 aliphatic heterocycles. The van der Waals surface area contributed by atoms with E-state index in [1.807, 2.05) is 6.92 Å². The first-order valence-electron chi connectivity index (χ1n) is 13.4. The van der Waals surface area contributed by atoms with Gasteiger partial charge in [-0.3, -0.25) is 4.79 Å². The molecule has 0 saturated heterocycles. The third-order valence-corrected chi connectivity index (χ3v) is 16.5. The lowest BCUT2D eigenvalue weighted by Gasteiger charge is -2.67. The number of aliphatic hydroxyl groups is 1. The van der Waals surface area contributed by atoms with Gasteiger partial charge in [-0.25, -0.2) is 0 Å². The highest BCUT2D eigenvalue weighted by Gasteiger charge is 2.67. The van der Waals surface area contributed by atoms with E-state index in [0.29, 0.717) is 29.6 Å². The molecule has 4 rings (SSSR count). The topological polar surface area (TPSA) is 46.5 Å². The largest absolute Gasteiger partial charge is 0.414 e. The first kappa shape index (κ1) is 24.9. The van der Waals surface area contributed by atoms with E-state index >= 15 is 0 Å². The van der Waals surface area contributed by atoms with Gasteiger partial charge in [0.1, 0.15) is 5.78 Å². The van der Waals surface area contributed by atoms with E-state index in [1.54, 1.807) is 0 Å². The Kier molecular flexibility index (Phi) is 5.96. The van der Waals surface area contributed by atoms with Crippen LogP contribution in [0.5, 0.6) is 0 Å². The minimum absolute atomic E-state index is 0.128. The van der Waals surface area contributed by atoms with Crippen molar-refractivity contribution in [3.05, 3.63) is 0 Å². The molecule has 3 nitrogen and oxygen atoms in total. The second-order valence-electron chi connectivity index (χ2n) is 14.6. The zero-order valence-corrected chi connectivity index (χ0v) is 23.4. The number of aliphatic hydroxyl groups excluding tert-OH is 1. The van der Waals surface area contributed by atoms with E-state index < -0.39 is 8.32 Å². The molecular formula is C28H50O3Si. The van der Waals surface area contributed by atoms with Crippen molar-refractivity contribution in [2.75, 3.05) is 0 Å². The Bertz CT molecular complexity index is 756. The van der Waals surface area contributed by atoms with Crippen LogP contribution in [-0.2, 0) is 9.22 Å². The van der Waals surface area contributed by atoms with Crippen LogP contribution in [0, 0.1) is 39.9 Å². The number of fused-ring (bicyclic) bond motifs is 5. The van der Waals surface area contributed by atoms with Crippen molar-refractivity contribution >= 4 is 14.1 Å². The van der Waals surface area contributed by atoms with Crippen molar-refractivity contribution in [2.24, 2.45) is 39.9 Å². The van der Waals surface area contributed by atoms with Crippen molar-refractivity contribution in [3.63, 3.8) is 0 Å². The molecule has 4 saturated carbocycles. The summed E-state index contributed by atoms with van der Waals surface area (Å²) in [5.41, 5.74) is 0.465. The van der Waals surface area contributed by atoms with Gasteiger partial charge in [0.05, 0.1) is 6.10 Å². The van der Waals surface area contributed by atoms with Gasteiger partial charge in [-0.2, -0.15) is 0 Å². The lowest BCUT2D eigenvalue weighted by molar-refractivity contribution is -0.210. The van der Waals surface area contributed by atoms with Crippen LogP contribution in [0.1, 0.15) is 99.8 Å². The second kappa shape index (κ2) is 7.65. The molecule has 32 heavy (non-hydrogen) atoms. The molecule has 0 bridgehead atoms. The zero-order chi connectivity index (χ0) is 23.9. The second-order valence-corrected chi connectivity index (χ2v) is 19.3. The average molecular weight is 463 g/mol. The smallest absolute Gasteiger partial charge is 0.192 e. The zero-order valence-electron chi connectivity index (χ0n) is 22.4. The number of hydrogen-bond acceptors (Lipinski definition) is 3. The summed E-state index contributed by atoms with van der Waals surface area (Å²) >= 11 is 0. The van der Waals surface area contributed by atoms with Crippen molar-refractivity contribution in [1.82, 2.24) is 0 Å². The molecule has 0 spiro atoms. The van der Waals surface area contributed by atoms with Crippen molar-refractivity contribution in [1.29, 1.82) is 0 Å². The third-order valence-electron chi connectivity index (χ3n) is 11.9. The summed E-state index contributed by atoms with van der Waals surface area (Å²) in [5, 5.41) is 11.8. The van der Waals surface area contributed by atoms with Crippen LogP contribution in [0.25, 0.3) is 0 Å². The van der Waals surface area contributed by atoms with Gasteiger partial charge in [-0.1, -0.05) is 41.5 Å². The van der Waals surface area contributed by atoms with Crippen molar-refractivity contribution < 1.29 is 14.3 Å². The maximum absolute atomic E-state index is 12.5. The number of carbonyl (C=O) groups is 1. The molecule has 4 heteroatoms. The molecule has 0 aromatic rings. The molecule has 0 heterocycles. The van der Waals surface area contributed by atoms with Crippen LogP contribution >= 0.6 is 0 Å². The predicted molar refractivity (Wildman–Crippen MR) is 134 cm³/mol. The molecule has 0 aromatic carbocycles. The SMILES string of the molecule is CC(=O)[C@H]1CC[C@H]2[C@]3(C)C[C@H](O)[C@H]4CC(O[Si](C)(C)C(C)(C)C)CC[C@]4(C)[C@H]3CC[C@@]21C. The Morgan fingerprint density at radius 1 is 0.938 bits per heavy atom. The van der Waals surface area contributed by atoms with E-state index in [4.69, 9.17) is 4.43 Å². The minimum Gasteiger partial charge on any atom is -0.414 e. The van der Waals surface area contributed by atoms with E-state index in [9.17, 15) is 9.90 Å². The van der Waals surface area contributed by atoms with E-state index in [-0.39, 0.29) is 33.3 Å². The fraction of sp³-hybridized carbons (Fsp3) is 0.964. The first-order valence-corrected chi connectivity index (χ1v) is 16.3. The fourth-order valence-electron chi connectivity index (χ4n) is 9.38. The lowest BCUT2D eigenvalue weighted by atomic mass is 9.39. The summed E-state index contributed by atoms with van der Waals surface area (Å²) in [6, 6.07) is 0. The molecular weight excluding hydrogens is 412 g/mol. The normalized spacial score (nSPS) is 49.2. The van der Waals surface area contributed by atoms with Gasteiger partial charge < -0.3 is 9.53 Å². The Morgan fingerprint density at radius 3 is 2.12 bits per heavy atom. The Hall–Kier alpha value is -0.193. The predicted octanol–water partition coefficient (Wildman–Crippen LogP) is 6.99. The molecule has 0 amide bonds. The van der Waals surface area contributed by atoms with Crippen molar-refractivity contribution in [3.8, 4) is 0 Å². The molecule has 0 radical (unpaired) electrons. The van der Waals surface area contributed by atoms with Gasteiger partial charge in [0.25, 0.3) is 0 Å². The Labute approximate surface area is 198 Å². The van der Waals surface area contributed by atoms with Crippen LogP contribution < -0.4 is 0 Å². The fourth-order valence-corrected chi connectivity index (χ4v) is 10.8. The molecule has 4 fully saturated rings. The number of rotatable bonds is 3. The van der Waals surface area contributed by atoms with Crippen LogP contribution in [0.2, 0.25) is 18.1 Å². The third kappa shape index (κ3) is 3.52. The number of Topliss-reactive ketones (excluding diaryl/α,β-unsaturated/α-hetero) is 1. The summed E-state index contributed by atoms with van der Waals surface area (Å²) < 4.78 is 6.86. The summed E-state index contributed by atoms with van der Waals surface area (Å²) in [7, 11) is -1.80. The molecule has 4 aliphatic carbocycles. The molecule has 4 aliphatic rings. The van der Waals surface area contributed by atoms with E-state index in [1.165, 1.54) is 25.7 Å². The summed E-state index contributed by atoms with van der Waals surface area (Å²) in [6.07, 6.45) is 8.93. The summed E-state index contributed by atoms with van der Waals surface area (Å²) in [6.45, 7) is 20.9. The van der Waals surface area contributed by atoms with E-state index in [0.717, 1.165) is 25.7 Å². The van der Waals surface area contributed by atoms with Crippen LogP contribution in [0.4, 0.5) is 0 Å². The summed E-state index contributed by atoms with van der Waals surface area (Å²) in [5.74, 6) is 2.18. The molecule has 1 unspecified atom stereocenters.